The summed E-state index contributed by atoms with van der Waals surface area (Å²) in [7, 11) is 0. The molecule has 118 valence electrons. The van der Waals surface area contributed by atoms with Crippen LogP contribution in [0.5, 0.6) is 0 Å². The molecule has 2 aromatic rings. The summed E-state index contributed by atoms with van der Waals surface area (Å²) >= 11 is 0. The highest BCUT2D eigenvalue weighted by Gasteiger charge is 2.29. The number of rotatable bonds is 3. The highest BCUT2D eigenvalue weighted by atomic mass is 16.3. The van der Waals surface area contributed by atoms with Gasteiger partial charge in [0.1, 0.15) is 5.76 Å². The number of aromatic nitrogens is 3. The molecule has 0 saturated carbocycles. The Hall–Kier alpha value is -2.31. The minimum Gasteiger partial charge on any atom is -0.467 e. The Labute approximate surface area is 129 Å². The second kappa shape index (κ2) is 6.64. The Kier molecular flexibility index (Phi) is 4.41. The van der Waals surface area contributed by atoms with E-state index in [0.717, 1.165) is 44.5 Å². The molecule has 0 aliphatic carbocycles. The zero-order valence-corrected chi connectivity index (χ0v) is 12.7. The van der Waals surface area contributed by atoms with Crippen molar-refractivity contribution < 1.29 is 9.21 Å². The molecule has 1 atom stereocenters. The topological polar surface area (TPSA) is 76.2 Å². The molecule has 2 aromatic heterocycles. The van der Waals surface area contributed by atoms with Crippen LogP contribution in [0.4, 0.5) is 10.6 Å². The smallest absolute Gasteiger partial charge is 0.323 e. The predicted octanol–water partition coefficient (Wildman–Crippen LogP) is 3.04. The summed E-state index contributed by atoms with van der Waals surface area (Å²) in [4.78, 5) is 14.5. The van der Waals surface area contributed by atoms with E-state index in [4.69, 9.17) is 4.42 Å². The van der Waals surface area contributed by atoms with Crippen LogP contribution in [-0.4, -0.2) is 32.5 Å². The lowest BCUT2D eigenvalue weighted by atomic mass is 10.1. The van der Waals surface area contributed by atoms with E-state index in [1.807, 2.05) is 24.0 Å². The summed E-state index contributed by atoms with van der Waals surface area (Å²) in [6, 6.07) is 3.64. The number of amides is 2. The summed E-state index contributed by atoms with van der Waals surface area (Å²) in [5, 5.41) is 10.7. The lowest BCUT2D eigenvalue weighted by Gasteiger charge is -2.28. The fraction of sp³-hybridized carbons (Fsp3) is 0.533. The van der Waals surface area contributed by atoms with E-state index in [-0.39, 0.29) is 12.1 Å². The fourth-order valence-electron chi connectivity index (χ4n) is 2.82. The van der Waals surface area contributed by atoms with Crippen molar-refractivity contribution in [3.05, 3.63) is 30.4 Å². The number of likely N-dealkylation sites (tertiary alicyclic amines) is 1. The van der Waals surface area contributed by atoms with Crippen molar-refractivity contribution in [3.63, 3.8) is 0 Å². The number of anilines is 1. The van der Waals surface area contributed by atoms with Crippen LogP contribution in [0.3, 0.4) is 0 Å². The van der Waals surface area contributed by atoms with Crippen molar-refractivity contribution in [1.82, 2.24) is 19.9 Å². The molecule has 3 rings (SSSR count). The highest BCUT2D eigenvalue weighted by Crippen LogP contribution is 2.30. The normalized spacial score (nSPS) is 19.0. The maximum absolute atomic E-state index is 12.6. The van der Waals surface area contributed by atoms with Gasteiger partial charge in [-0.05, 0) is 31.9 Å². The number of nitrogens with one attached hydrogen (secondary N) is 1. The number of hydrogen-bond donors (Lipinski definition) is 1. The minimum absolute atomic E-state index is 0.0151. The van der Waals surface area contributed by atoms with Gasteiger partial charge >= 0.3 is 6.03 Å². The predicted molar refractivity (Wildman–Crippen MR) is 81.3 cm³/mol. The van der Waals surface area contributed by atoms with E-state index in [9.17, 15) is 4.79 Å². The van der Waals surface area contributed by atoms with E-state index >= 15 is 0 Å². The summed E-state index contributed by atoms with van der Waals surface area (Å²) in [5.74, 6) is 1.32. The Bertz CT molecular complexity index is 607. The van der Waals surface area contributed by atoms with E-state index in [1.165, 1.54) is 0 Å². The van der Waals surface area contributed by atoms with Crippen molar-refractivity contribution in [3.8, 4) is 0 Å². The first-order chi connectivity index (χ1) is 10.8. The van der Waals surface area contributed by atoms with E-state index in [1.54, 1.807) is 17.1 Å². The number of carbonyl (C=O) groups is 1. The number of urea groups is 1. The molecular weight excluding hydrogens is 282 g/mol. The van der Waals surface area contributed by atoms with Crippen molar-refractivity contribution in [1.29, 1.82) is 0 Å². The Balaban J connectivity index is 1.75. The van der Waals surface area contributed by atoms with Crippen LogP contribution in [0.25, 0.3) is 0 Å². The SMILES string of the molecule is CCn1cc(NC(=O)N2CCCCC[C@H]2c2ccco2)nn1. The quantitative estimate of drug-likeness (QED) is 0.945. The Morgan fingerprint density at radius 3 is 3.09 bits per heavy atom. The van der Waals surface area contributed by atoms with Crippen LogP contribution in [-0.2, 0) is 6.54 Å². The van der Waals surface area contributed by atoms with Crippen LogP contribution >= 0.6 is 0 Å². The van der Waals surface area contributed by atoms with Gasteiger partial charge in [0.05, 0.1) is 18.5 Å². The number of aryl methyl sites for hydroxylation is 1. The molecular formula is C15H21N5O2. The average Bonchev–Trinajstić information content (AvgIpc) is 3.14. The largest absolute Gasteiger partial charge is 0.467 e. The molecule has 22 heavy (non-hydrogen) atoms. The van der Waals surface area contributed by atoms with Crippen molar-refractivity contribution in [2.24, 2.45) is 0 Å². The van der Waals surface area contributed by atoms with Gasteiger partial charge in [0.2, 0.25) is 0 Å². The molecule has 1 N–H and O–H groups in total. The van der Waals surface area contributed by atoms with Crippen LogP contribution in [0.15, 0.2) is 29.0 Å². The summed E-state index contributed by atoms with van der Waals surface area (Å²) < 4.78 is 7.21. The molecule has 7 heteroatoms. The third-order valence-corrected chi connectivity index (χ3v) is 3.98. The van der Waals surface area contributed by atoms with Gasteiger partial charge in [-0.1, -0.05) is 18.1 Å². The summed E-state index contributed by atoms with van der Waals surface area (Å²) in [5.41, 5.74) is 0. The zero-order valence-electron chi connectivity index (χ0n) is 12.7. The van der Waals surface area contributed by atoms with Gasteiger partial charge < -0.3 is 9.32 Å². The highest BCUT2D eigenvalue weighted by molar-refractivity contribution is 5.88. The van der Waals surface area contributed by atoms with E-state index < -0.39 is 0 Å². The summed E-state index contributed by atoms with van der Waals surface area (Å²) in [6.07, 6.45) is 7.55. The van der Waals surface area contributed by atoms with Crippen LogP contribution in [0.1, 0.15) is 44.4 Å². The van der Waals surface area contributed by atoms with Gasteiger partial charge in [-0.15, -0.1) is 5.10 Å². The molecule has 0 spiro atoms. The molecule has 1 saturated heterocycles. The summed E-state index contributed by atoms with van der Waals surface area (Å²) in [6.45, 7) is 3.42. The third kappa shape index (κ3) is 3.13. The molecule has 1 aliphatic heterocycles. The van der Waals surface area contributed by atoms with Crippen LogP contribution in [0.2, 0.25) is 0 Å². The fourth-order valence-corrected chi connectivity index (χ4v) is 2.82. The maximum Gasteiger partial charge on any atom is 0.323 e. The van der Waals surface area contributed by atoms with Crippen LogP contribution in [0, 0.1) is 0 Å². The number of hydrogen-bond acceptors (Lipinski definition) is 4. The van der Waals surface area contributed by atoms with Gasteiger partial charge in [-0.2, -0.15) is 0 Å². The standard InChI is InChI=1S/C15H21N5O2/c1-2-19-11-14(17-18-19)16-15(21)20-9-5-3-4-7-12(20)13-8-6-10-22-13/h6,8,10-12H,2-5,7,9H2,1H3,(H,16,21)/t12-/m0/s1. The molecule has 1 fully saturated rings. The Morgan fingerprint density at radius 1 is 1.45 bits per heavy atom. The lowest BCUT2D eigenvalue weighted by Crippen LogP contribution is -2.38. The molecule has 7 nitrogen and oxygen atoms in total. The molecule has 0 unspecified atom stereocenters. The first-order valence-corrected chi connectivity index (χ1v) is 7.79. The number of nitrogens with zero attached hydrogens (tertiary/aromatic N) is 4. The Morgan fingerprint density at radius 2 is 2.36 bits per heavy atom. The van der Waals surface area contributed by atoms with Gasteiger partial charge in [0, 0.05) is 13.1 Å². The number of furan rings is 1. The number of carbonyl (C=O) groups excluding carboxylic acids is 1. The van der Waals surface area contributed by atoms with Crippen molar-refractivity contribution in [2.75, 3.05) is 11.9 Å². The van der Waals surface area contributed by atoms with Gasteiger partial charge in [-0.25, -0.2) is 4.79 Å². The first-order valence-electron chi connectivity index (χ1n) is 7.79. The molecule has 0 radical (unpaired) electrons. The second-order valence-corrected chi connectivity index (χ2v) is 5.46. The van der Waals surface area contributed by atoms with Crippen molar-refractivity contribution in [2.45, 2.75) is 45.2 Å². The van der Waals surface area contributed by atoms with E-state index in [0.29, 0.717) is 5.82 Å². The molecule has 1 aliphatic rings. The second-order valence-electron chi connectivity index (χ2n) is 5.46. The van der Waals surface area contributed by atoms with Crippen LogP contribution < -0.4 is 5.32 Å². The first kappa shape index (κ1) is 14.6. The molecule has 3 heterocycles. The lowest BCUT2D eigenvalue weighted by molar-refractivity contribution is 0.179. The van der Waals surface area contributed by atoms with Gasteiger partial charge in [0.15, 0.2) is 5.82 Å². The van der Waals surface area contributed by atoms with Gasteiger partial charge in [-0.3, -0.25) is 10.00 Å². The third-order valence-electron chi connectivity index (χ3n) is 3.98. The van der Waals surface area contributed by atoms with E-state index in [2.05, 4.69) is 15.6 Å². The van der Waals surface area contributed by atoms with Gasteiger partial charge in [0.25, 0.3) is 0 Å². The minimum atomic E-state index is -0.147. The zero-order chi connectivity index (χ0) is 15.4. The monoisotopic (exact) mass is 303 g/mol. The average molecular weight is 303 g/mol. The maximum atomic E-state index is 12.6. The van der Waals surface area contributed by atoms with Crippen molar-refractivity contribution >= 4 is 11.8 Å². The molecule has 0 bridgehead atoms. The molecule has 2 amide bonds. The molecule has 0 aromatic carbocycles.